The lowest BCUT2D eigenvalue weighted by Gasteiger charge is -2.71. The van der Waals surface area contributed by atoms with E-state index in [9.17, 15) is 0 Å². The fourth-order valence-electron chi connectivity index (χ4n) is 3.11. The lowest BCUT2D eigenvalue weighted by Crippen LogP contribution is -2.71. The first-order chi connectivity index (χ1) is 4.91. The zero-order valence-electron chi connectivity index (χ0n) is 8.12. The highest BCUT2D eigenvalue weighted by atomic mass is 15.0. The summed E-state index contributed by atoms with van der Waals surface area (Å²) in [7, 11) is 0. The largest absolute Gasteiger partial charge is 0.316 e. The molecule has 1 heteroatoms. The van der Waals surface area contributed by atoms with Gasteiger partial charge in [-0.1, -0.05) is 27.7 Å². The van der Waals surface area contributed by atoms with Crippen molar-refractivity contribution in [1.29, 1.82) is 0 Å². The van der Waals surface area contributed by atoms with Crippen LogP contribution in [0.25, 0.3) is 0 Å². The molecule has 2 bridgehead atoms. The maximum atomic E-state index is 3.52. The molecule has 2 atom stereocenters. The third-order valence-electron chi connectivity index (χ3n) is 4.83. The molecule has 3 aliphatic rings. The summed E-state index contributed by atoms with van der Waals surface area (Å²) >= 11 is 0. The van der Waals surface area contributed by atoms with E-state index < -0.39 is 0 Å². The summed E-state index contributed by atoms with van der Waals surface area (Å²) in [6, 6.07) is 0. The van der Waals surface area contributed by atoms with E-state index >= 15 is 0 Å². The van der Waals surface area contributed by atoms with Crippen LogP contribution in [-0.2, 0) is 0 Å². The average Bonchev–Trinajstić information content (AvgIpc) is 1.86. The molecular weight excluding hydrogens is 134 g/mol. The molecule has 0 spiro atoms. The highest BCUT2D eigenvalue weighted by molar-refractivity contribution is 5.16. The van der Waals surface area contributed by atoms with Gasteiger partial charge < -0.3 is 5.32 Å². The summed E-state index contributed by atoms with van der Waals surface area (Å²) in [5.41, 5.74) is 1.69. The van der Waals surface area contributed by atoms with Crippen LogP contribution >= 0.6 is 0 Å². The van der Waals surface area contributed by atoms with Crippen molar-refractivity contribution in [3.05, 3.63) is 0 Å². The number of hydrogen-bond acceptors (Lipinski definition) is 1. The van der Waals surface area contributed by atoms with Gasteiger partial charge in [-0.05, 0) is 22.7 Å². The Kier molecular flexibility index (Phi) is 1.15. The van der Waals surface area contributed by atoms with E-state index in [-0.39, 0.29) is 0 Å². The van der Waals surface area contributed by atoms with Gasteiger partial charge in [-0.3, -0.25) is 0 Å². The van der Waals surface area contributed by atoms with Crippen molar-refractivity contribution in [2.45, 2.75) is 34.1 Å². The summed E-state index contributed by atoms with van der Waals surface area (Å²) in [4.78, 5) is 0. The van der Waals surface area contributed by atoms with Crippen molar-refractivity contribution in [1.82, 2.24) is 5.32 Å². The third-order valence-corrected chi connectivity index (χ3v) is 4.83. The Balaban J connectivity index is 2.33. The van der Waals surface area contributed by atoms with Crippen molar-refractivity contribution in [3.63, 3.8) is 0 Å². The maximum Gasteiger partial charge on any atom is 0.00109 e. The Morgan fingerprint density at radius 3 is 1.64 bits per heavy atom. The number of piperidine rings is 2. The van der Waals surface area contributed by atoms with Gasteiger partial charge in [-0.25, -0.2) is 0 Å². The van der Waals surface area contributed by atoms with Gasteiger partial charge in [0.1, 0.15) is 0 Å². The minimum atomic E-state index is 0.547. The summed E-state index contributed by atoms with van der Waals surface area (Å²) in [6.07, 6.45) is 1.42. The van der Waals surface area contributed by atoms with Gasteiger partial charge in [0.25, 0.3) is 0 Å². The van der Waals surface area contributed by atoms with E-state index in [1.165, 1.54) is 19.5 Å². The van der Waals surface area contributed by atoms with Crippen LogP contribution in [0.15, 0.2) is 0 Å². The lowest BCUT2D eigenvalue weighted by atomic mass is 9.37. The molecule has 3 rings (SSSR count). The smallest absolute Gasteiger partial charge is 0.00109 e. The van der Waals surface area contributed by atoms with Crippen molar-refractivity contribution >= 4 is 0 Å². The number of hydrogen-bond donors (Lipinski definition) is 1. The second-order valence-corrected chi connectivity index (χ2v) is 5.53. The number of rotatable bonds is 0. The first-order valence-corrected chi connectivity index (χ1v) is 4.62. The molecule has 0 amide bonds. The summed E-state index contributed by atoms with van der Waals surface area (Å²) in [5.74, 6) is 0. The molecule has 2 aliphatic heterocycles. The summed E-state index contributed by atoms with van der Waals surface area (Å²) in [5, 5.41) is 3.52. The minimum Gasteiger partial charge on any atom is -0.316 e. The molecule has 0 aromatic rings. The molecule has 3 fully saturated rings. The predicted octanol–water partition coefficient (Wildman–Crippen LogP) is 2.03. The van der Waals surface area contributed by atoms with Gasteiger partial charge in [0.15, 0.2) is 0 Å². The lowest BCUT2D eigenvalue weighted by molar-refractivity contribution is -0.201. The topological polar surface area (TPSA) is 12.0 Å². The van der Waals surface area contributed by atoms with E-state index in [2.05, 4.69) is 33.0 Å². The van der Waals surface area contributed by atoms with Crippen LogP contribution < -0.4 is 5.32 Å². The van der Waals surface area contributed by atoms with Crippen LogP contribution in [0.5, 0.6) is 0 Å². The van der Waals surface area contributed by atoms with Gasteiger partial charge in [0, 0.05) is 13.1 Å². The fraction of sp³-hybridized carbons (Fsp3) is 1.00. The Hall–Kier alpha value is -0.0400. The van der Waals surface area contributed by atoms with Crippen molar-refractivity contribution < 1.29 is 0 Å². The van der Waals surface area contributed by atoms with Crippen LogP contribution in [-0.4, -0.2) is 13.1 Å². The zero-order valence-corrected chi connectivity index (χ0v) is 8.12. The second-order valence-electron chi connectivity index (χ2n) is 5.53. The molecule has 2 saturated heterocycles. The minimum absolute atomic E-state index is 0.547. The van der Waals surface area contributed by atoms with Gasteiger partial charge in [-0.2, -0.15) is 0 Å². The molecule has 1 saturated carbocycles. The maximum absolute atomic E-state index is 3.52. The first kappa shape index (κ1) is 7.60. The quantitative estimate of drug-likeness (QED) is 0.561. The normalized spacial score (nSPS) is 53.5. The SMILES string of the molecule is CC12CNCC(C)(C1)C2(C)C. The van der Waals surface area contributed by atoms with E-state index in [4.69, 9.17) is 0 Å². The highest BCUT2D eigenvalue weighted by Gasteiger charge is 2.65. The van der Waals surface area contributed by atoms with Crippen LogP contribution in [0.4, 0.5) is 0 Å². The molecule has 2 unspecified atom stereocenters. The molecule has 1 nitrogen and oxygen atoms in total. The van der Waals surface area contributed by atoms with Gasteiger partial charge in [-0.15, -0.1) is 0 Å². The molecule has 0 aromatic heterocycles. The fourth-order valence-corrected chi connectivity index (χ4v) is 3.11. The van der Waals surface area contributed by atoms with Crippen LogP contribution in [0.3, 0.4) is 0 Å². The third kappa shape index (κ3) is 0.618. The van der Waals surface area contributed by atoms with Gasteiger partial charge in [0.2, 0.25) is 0 Å². The van der Waals surface area contributed by atoms with Crippen LogP contribution in [0.1, 0.15) is 34.1 Å². The molecule has 64 valence electrons. The molecule has 0 radical (unpaired) electrons. The molecular formula is C10H19N. The standard InChI is InChI=1S/C10H19N/c1-8(2)9(3)5-10(8,4)7-11-6-9/h11H,5-7H2,1-4H3. The Bertz CT molecular complexity index is 179. The van der Waals surface area contributed by atoms with E-state index in [0.29, 0.717) is 16.2 Å². The van der Waals surface area contributed by atoms with E-state index in [0.717, 1.165) is 0 Å². The monoisotopic (exact) mass is 153 g/mol. The molecule has 2 heterocycles. The number of fused-ring (bicyclic) bond motifs is 2. The van der Waals surface area contributed by atoms with E-state index in [1.54, 1.807) is 0 Å². The Morgan fingerprint density at radius 1 is 0.909 bits per heavy atom. The molecule has 11 heavy (non-hydrogen) atoms. The predicted molar refractivity (Wildman–Crippen MR) is 47.5 cm³/mol. The number of nitrogens with one attached hydrogen (secondary N) is 1. The Morgan fingerprint density at radius 2 is 1.36 bits per heavy atom. The molecule has 1 N–H and O–H groups in total. The summed E-state index contributed by atoms with van der Waals surface area (Å²) < 4.78 is 0. The highest BCUT2D eigenvalue weighted by Crippen LogP contribution is 2.68. The molecule has 1 aliphatic carbocycles. The molecule has 0 aromatic carbocycles. The average molecular weight is 153 g/mol. The van der Waals surface area contributed by atoms with Gasteiger partial charge in [0.05, 0.1) is 0 Å². The second kappa shape index (κ2) is 1.66. The first-order valence-electron chi connectivity index (χ1n) is 4.62. The van der Waals surface area contributed by atoms with Crippen LogP contribution in [0, 0.1) is 16.2 Å². The van der Waals surface area contributed by atoms with Gasteiger partial charge >= 0.3 is 0 Å². The van der Waals surface area contributed by atoms with E-state index in [1.807, 2.05) is 0 Å². The van der Waals surface area contributed by atoms with Crippen molar-refractivity contribution in [2.24, 2.45) is 16.2 Å². The van der Waals surface area contributed by atoms with Crippen LogP contribution in [0.2, 0.25) is 0 Å². The summed E-state index contributed by atoms with van der Waals surface area (Å²) in [6.45, 7) is 12.1. The van der Waals surface area contributed by atoms with Crippen molar-refractivity contribution in [2.75, 3.05) is 13.1 Å². The zero-order chi connectivity index (χ0) is 8.33. The van der Waals surface area contributed by atoms with Crippen molar-refractivity contribution in [3.8, 4) is 0 Å². The Labute approximate surface area is 69.6 Å².